The van der Waals surface area contributed by atoms with Crippen molar-refractivity contribution in [3.63, 3.8) is 0 Å². The third kappa shape index (κ3) is 2.76. The molecule has 0 radical (unpaired) electrons. The van der Waals surface area contributed by atoms with E-state index in [0.717, 1.165) is 31.7 Å². The van der Waals surface area contributed by atoms with Gasteiger partial charge >= 0.3 is 5.63 Å². The quantitative estimate of drug-likeness (QED) is 0.348. The minimum atomic E-state index is -0.471. The SMILES string of the molecule is CCc1c(O)c2ccc3c(-c4ccccc4)c(-c4ccccc4)sc3c2oc1=O. The molecule has 142 valence electrons. The van der Waals surface area contributed by atoms with Crippen molar-refractivity contribution in [1.82, 2.24) is 0 Å². The van der Waals surface area contributed by atoms with Gasteiger partial charge in [-0.1, -0.05) is 73.7 Å². The summed E-state index contributed by atoms with van der Waals surface area (Å²) >= 11 is 1.59. The van der Waals surface area contributed by atoms with Crippen LogP contribution in [0.25, 0.3) is 42.6 Å². The highest BCUT2D eigenvalue weighted by Gasteiger charge is 2.21. The predicted octanol–water partition coefficient (Wildman–Crippen LogP) is 6.61. The molecule has 0 amide bonds. The van der Waals surface area contributed by atoms with E-state index in [0.29, 0.717) is 23.0 Å². The van der Waals surface area contributed by atoms with Crippen LogP contribution in [-0.4, -0.2) is 5.11 Å². The standard InChI is InChI=1S/C25H18O3S/c1-2-17-21(26)19-14-13-18-20(15-9-5-3-6-10-15)23(16-11-7-4-8-12-16)29-24(18)22(19)28-25(17)27/h3-14,26H,2H2,1H3. The Labute approximate surface area is 171 Å². The first-order valence-corrected chi connectivity index (χ1v) is 10.4. The van der Waals surface area contributed by atoms with Crippen molar-refractivity contribution in [2.45, 2.75) is 13.3 Å². The number of fused-ring (bicyclic) bond motifs is 3. The first-order valence-electron chi connectivity index (χ1n) is 9.54. The fourth-order valence-corrected chi connectivity index (χ4v) is 5.15. The summed E-state index contributed by atoms with van der Waals surface area (Å²) in [5, 5.41) is 12.2. The molecule has 0 aliphatic carbocycles. The van der Waals surface area contributed by atoms with E-state index in [1.165, 1.54) is 0 Å². The lowest BCUT2D eigenvalue weighted by atomic mass is 9.98. The van der Waals surface area contributed by atoms with Gasteiger partial charge in [-0.3, -0.25) is 0 Å². The maximum Gasteiger partial charge on any atom is 0.343 e. The fraction of sp³-hybridized carbons (Fsp3) is 0.0800. The predicted molar refractivity (Wildman–Crippen MR) is 120 cm³/mol. The van der Waals surface area contributed by atoms with E-state index in [4.69, 9.17) is 4.42 Å². The summed E-state index contributed by atoms with van der Waals surface area (Å²) < 4.78 is 6.58. The van der Waals surface area contributed by atoms with Gasteiger partial charge in [0.1, 0.15) is 5.75 Å². The Kier molecular flexibility index (Phi) is 4.22. The van der Waals surface area contributed by atoms with Crippen molar-refractivity contribution in [2.24, 2.45) is 0 Å². The maximum atomic E-state index is 12.4. The van der Waals surface area contributed by atoms with Gasteiger partial charge in [0.25, 0.3) is 0 Å². The van der Waals surface area contributed by atoms with Crippen molar-refractivity contribution in [3.8, 4) is 27.3 Å². The van der Waals surface area contributed by atoms with Crippen LogP contribution < -0.4 is 5.63 Å². The van der Waals surface area contributed by atoms with Gasteiger partial charge in [-0.15, -0.1) is 11.3 Å². The highest BCUT2D eigenvalue weighted by molar-refractivity contribution is 7.24. The smallest absolute Gasteiger partial charge is 0.343 e. The summed E-state index contributed by atoms with van der Waals surface area (Å²) in [5.74, 6) is 0.0246. The lowest BCUT2D eigenvalue weighted by molar-refractivity contribution is 0.458. The van der Waals surface area contributed by atoms with Crippen LogP contribution >= 0.6 is 11.3 Å². The lowest BCUT2D eigenvalue weighted by Gasteiger charge is -2.07. The maximum absolute atomic E-state index is 12.4. The molecular weight excluding hydrogens is 380 g/mol. The third-order valence-corrected chi connectivity index (χ3v) is 6.50. The molecule has 5 rings (SSSR count). The average Bonchev–Trinajstić information content (AvgIpc) is 3.15. The number of hydrogen-bond acceptors (Lipinski definition) is 4. The molecule has 4 heteroatoms. The van der Waals surface area contributed by atoms with Crippen LogP contribution in [0.5, 0.6) is 5.75 Å². The molecule has 3 nitrogen and oxygen atoms in total. The molecular formula is C25H18O3S. The topological polar surface area (TPSA) is 50.4 Å². The monoisotopic (exact) mass is 398 g/mol. The van der Waals surface area contributed by atoms with Crippen LogP contribution in [0.15, 0.2) is 82.0 Å². The molecule has 2 aromatic heterocycles. The van der Waals surface area contributed by atoms with Crippen LogP contribution in [0.3, 0.4) is 0 Å². The normalized spacial score (nSPS) is 11.3. The number of thiophene rings is 1. The van der Waals surface area contributed by atoms with Gasteiger partial charge in [0.2, 0.25) is 0 Å². The summed E-state index contributed by atoms with van der Waals surface area (Å²) in [6.45, 7) is 1.84. The van der Waals surface area contributed by atoms with Crippen LogP contribution in [0.1, 0.15) is 12.5 Å². The molecule has 0 spiro atoms. The zero-order valence-corrected chi connectivity index (χ0v) is 16.6. The van der Waals surface area contributed by atoms with Crippen LogP contribution in [0.2, 0.25) is 0 Å². The van der Waals surface area contributed by atoms with E-state index in [-0.39, 0.29) is 5.75 Å². The van der Waals surface area contributed by atoms with Crippen LogP contribution in [0, 0.1) is 0 Å². The van der Waals surface area contributed by atoms with Gasteiger partial charge in [0.15, 0.2) is 5.58 Å². The Morgan fingerprint density at radius 3 is 2.14 bits per heavy atom. The fourth-order valence-electron chi connectivity index (χ4n) is 3.83. The molecule has 0 aliphatic heterocycles. The molecule has 0 aliphatic rings. The first-order chi connectivity index (χ1) is 14.2. The van der Waals surface area contributed by atoms with Crippen LogP contribution in [0.4, 0.5) is 0 Å². The molecule has 29 heavy (non-hydrogen) atoms. The van der Waals surface area contributed by atoms with E-state index in [2.05, 4.69) is 24.3 Å². The second-order valence-corrected chi connectivity index (χ2v) is 7.95. The number of hydrogen-bond donors (Lipinski definition) is 1. The van der Waals surface area contributed by atoms with Crippen LogP contribution in [-0.2, 0) is 6.42 Å². The minimum Gasteiger partial charge on any atom is -0.507 e. The van der Waals surface area contributed by atoms with E-state index in [1.807, 2.05) is 55.5 Å². The highest BCUT2D eigenvalue weighted by atomic mass is 32.1. The van der Waals surface area contributed by atoms with E-state index in [1.54, 1.807) is 11.3 Å². The van der Waals surface area contributed by atoms with Crippen molar-refractivity contribution in [3.05, 3.63) is 88.8 Å². The zero-order valence-electron chi connectivity index (χ0n) is 15.8. The number of rotatable bonds is 3. The Morgan fingerprint density at radius 2 is 1.48 bits per heavy atom. The van der Waals surface area contributed by atoms with Crippen molar-refractivity contribution >= 4 is 32.4 Å². The molecule has 0 atom stereocenters. The summed E-state index contributed by atoms with van der Waals surface area (Å²) in [5.41, 5.74) is 3.62. The summed E-state index contributed by atoms with van der Waals surface area (Å²) in [6.07, 6.45) is 0.428. The summed E-state index contributed by atoms with van der Waals surface area (Å²) in [7, 11) is 0. The van der Waals surface area contributed by atoms with Gasteiger partial charge in [-0.2, -0.15) is 0 Å². The Balaban J connectivity index is 1.94. The summed E-state index contributed by atoms with van der Waals surface area (Å²) in [6, 6.07) is 24.3. The van der Waals surface area contributed by atoms with E-state index < -0.39 is 5.63 Å². The van der Waals surface area contributed by atoms with Crippen molar-refractivity contribution < 1.29 is 9.52 Å². The highest BCUT2D eigenvalue weighted by Crippen LogP contribution is 2.47. The zero-order chi connectivity index (χ0) is 20.0. The molecule has 0 saturated carbocycles. The molecule has 2 heterocycles. The van der Waals surface area contributed by atoms with E-state index in [9.17, 15) is 9.90 Å². The van der Waals surface area contributed by atoms with Gasteiger partial charge < -0.3 is 9.52 Å². The Hall–Kier alpha value is -3.37. The molecule has 1 N–H and O–H groups in total. The summed E-state index contributed by atoms with van der Waals surface area (Å²) in [4.78, 5) is 13.6. The first kappa shape index (κ1) is 17.7. The molecule has 3 aromatic carbocycles. The molecule has 5 aromatic rings. The molecule has 0 unspecified atom stereocenters. The molecule has 0 fully saturated rings. The van der Waals surface area contributed by atoms with Gasteiger partial charge in [0.05, 0.1) is 15.6 Å². The number of aromatic hydroxyl groups is 1. The third-order valence-electron chi connectivity index (χ3n) is 5.25. The minimum absolute atomic E-state index is 0.0246. The lowest BCUT2D eigenvalue weighted by Crippen LogP contribution is -2.06. The second-order valence-electron chi connectivity index (χ2n) is 6.93. The second kappa shape index (κ2) is 6.90. The average molecular weight is 398 g/mol. The molecule has 0 saturated heterocycles. The number of benzene rings is 3. The Morgan fingerprint density at radius 1 is 0.862 bits per heavy atom. The molecule has 0 bridgehead atoms. The van der Waals surface area contributed by atoms with E-state index >= 15 is 0 Å². The van der Waals surface area contributed by atoms with Gasteiger partial charge in [-0.05, 0) is 23.6 Å². The van der Waals surface area contributed by atoms with Gasteiger partial charge in [-0.25, -0.2) is 4.79 Å². The van der Waals surface area contributed by atoms with Gasteiger partial charge in [0, 0.05) is 15.8 Å². The largest absolute Gasteiger partial charge is 0.507 e. The van der Waals surface area contributed by atoms with Crippen molar-refractivity contribution in [1.29, 1.82) is 0 Å². The Bertz CT molecular complexity index is 1400. The van der Waals surface area contributed by atoms with Crippen molar-refractivity contribution in [2.75, 3.05) is 0 Å².